The molecule has 1 aromatic carbocycles. The minimum Gasteiger partial charge on any atom is -0.444 e. The van der Waals surface area contributed by atoms with Crippen molar-refractivity contribution in [3.8, 4) is 0 Å². The molecule has 2 amide bonds. The van der Waals surface area contributed by atoms with E-state index in [1.165, 1.54) is 6.07 Å². The first-order chi connectivity index (χ1) is 13.8. The predicted molar refractivity (Wildman–Crippen MR) is 96.2 cm³/mol. The van der Waals surface area contributed by atoms with E-state index in [0.717, 1.165) is 0 Å². The lowest BCUT2D eigenvalue weighted by Crippen LogP contribution is -2.23. The Kier molecular flexibility index (Phi) is 5.89. The van der Waals surface area contributed by atoms with Crippen LogP contribution >= 0.6 is 11.6 Å². The summed E-state index contributed by atoms with van der Waals surface area (Å²) in [4.78, 5) is 28.3. The molecule has 0 radical (unpaired) electrons. The van der Waals surface area contributed by atoms with Crippen LogP contribution in [-0.2, 0) is 13.2 Å². The molecule has 0 saturated heterocycles. The van der Waals surface area contributed by atoms with Crippen molar-refractivity contribution in [2.24, 2.45) is 0 Å². The highest BCUT2D eigenvalue weighted by atomic mass is 35.5. The quantitative estimate of drug-likeness (QED) is 0.448. The molecular formula is C17H14ClF2N5O4. The van der Waals surface area contributed by atoms with Crippen molar-refractivity contribution in [3.63, 3.8) is 0 Å². The Bertz CT molecular complexity index is 1080. The van der Waals surface area contributed by atoms with Crippen molar-refractivity contribution in [3.05, 3.63) is 63.5 Å². The van der Waals surface area contributed by atoms with E-state index >= 15 is 0 Å². The number of nitrogens with one attached hydrogen (secondary N) is 3. The number of carbonyl (C=O) groups is 2. The average molecular weight is 426 g/mol. The van der Waals surface area contributed by atoms with Crippen molar-refractivity contribution < 1.29 is 27.9 Å². The third-order valence-corrected chi connectivity index (χ3v) is 4.08. The maximum absolute atomic E-state index is 13.3. The first-order valence-corrected chi connectivity index (χ1v) is 8.51. The number of oxazole rings is 1. The second-order valence-corrected chi connectivity index (χ2v) is 6.22. The third-order valence-electron chi connectivity index (χ3n) is 3.76. The summed E-state index contributed by atoms with van der Waals surface area (Å²) < 4.78 is 31.7. The van der Waals surface area contributed by atoms with Gasteiger partial charge in [-0.25, -0.2) is 13.8 Å². The van der Waals surface area contributed by atoms with Gasteiger partial charge in [-0.1, -0.05) is 11.6 Å². The topological polar surface area (TPSA) is 133 Å². The van der Waals surface area contributed by atoms with Gasteiger partial charge in [0.2, 0.25) is 0 Å². The van der Waals surface area contributed by atoms with Crippen LogP contribution in [0.4, 0.5) is 14.6 Å². The lowest BCUT2D eigenvalue weighted by atomic mass is 10.2. The number of nitrogens with zero attached hydrogens (tertiary/aromatic N) is 2. The third kappa shape index (κ3) is 4.58. The SMILES string of the molecule is Cc1nc(CO)c(CNC(=O)c2cc(NC(=O)c3cc(F)c(F)cc3Cl)n[nH]2)o1. The molecule has 0 atom stereocenters. The van der Waals surface area contributed by atoms with Crippen LogP contribution in [0.5, 0.6) is 0 Å². The van der Waals surface area contributed by atoms with E-state index < -0.39 is 23.4 Å². The fourth-order valence-corrected chi connectivity index (χ4v) is 2.65. The first kappa shape index (κ1) is 20.4. The van der Waals surface area contributed by atoms with Crippen molar-refractivity contribution >= 4 is 29.2 Å². The molecule has 0 unspecified atom stereocenters. The van der Waals surface area contributed by atoms with Crippen LogP contribution in [0.2, 0.25) is 5.02 Å². The fourth-order valence-electron chi connectivity index (χ4n) is 2.41. The zero-order valence-electron chi connectivity index (χ0n) is 14.8. The molecule has 9 nitrogen and oxygen atoms in total. The van der Waals surface area contributed by atoms with Crippen molar-refractivity contribution in [1.82, 2.24) is 20.5 Å². The Morgan fingerprint density at radius 1 is 1.24 bits per heavy atom. The van der Waals surface area contributed by atoms with E-state index in [2.05, 4.69) is 25.8 Å². The van der Waals surface area contributed by atoms with Crippen LogP contribution in [0.3, 0.4) is 0 Å². The number of halogens is 3. The highest BCUT2D eigenvalue weighted by molar-refractivity contribution is 6.34. The number of aryl methyl sites for hydroxylation is 1. The molecule has 0 aliphatic rings. The molecular weight excluding hydrogens is 412 g/mol. The zero-order valence-corrected chi connectivity index (χ0v) is 15.6. The summed E-state index contributed by atoms with van der Waals surface area (Å²) in [6.07, 6.45) is 0. The van der Waals surface area contributed by atoms with Crippen LogP contribution < -0.4 is 10.6 Å². The summed E-state index contributed by atoms with van der Waals surface area (Å²) in [6, 6.07) is 2.58. The monoisotopic (exact) mass is 425 g/mol. The van der Waals surface area contributed by atoms with Crippen LogP contribution in [0.15, 0.2) is 22.6 Å². The number of benzene rings is 1. The summed E-state index contributed by atoms with van der Waals surface area (Å²) in [5, 5.41) is 20.0. The summed E-state index contributed by atoms with van der Waals surface area (Å²) >= 11 is 5.75. The summed E-state index contributed by atoms with van der Waals surface area (Å²) in [6.45, 7) is 1.24. The normalized spacial score (nSPS) is 10.8. The van der Waals surface area contributed by atoms with E-state index in [1.807, 2.05) is 0 Å². The number of amides is 2. The van der Waals surface area contributed by atoms with Crippen LogP contribution in [-0.4, -0.2) is 32.1 Å². The number of anilines is 1. The van der Waals surface area contributed by atoms with Gasteiger partial charge < -0.3 is 20.2 Å². The molecule has 2 aromatic heterocycles. The Hall–Kier alpha value is -3.31. The molecule has 12 heteroatoms. The van der Waals surface area contributed by atoms with Crippen LogP contribution in [0.25, 0.3) is 0 Å². The van der Waals surface area contributed by atoms with Gasteiger partial charge in [0, 0.05) is 13.0 Å². The van der Waals surface area contributed by atoms with Gasteiger partial charge in [-0.15, -0.1) is 0 Å². The predicted octanol–water partition coefficient (Wildman–Crippen LogP) is 2.31. The Morgan fingerprint density at radius 2 is 1.97 bits per heavy atom. The standard InChI is InChI=1S/C17H14ClF2N5O4/c1-7-22-13(6-26)14(29-7)5-21-17(28)12-4-15(25-24-12)23-16(27)8-2-10(19)11(20)3-9(8)18/h2-4,26H,5-6H2,1H3,(H,21,28)(H2,23,24,25,27). The molecule has 0 fully saturated rings. The molecule has 0 aliphatic heterocycles. The minimum atomic E-state index is -1.23. The first-order valence-electron chi connectivity index (χ1n) is 8.14. The molecule has 0 aliphatic carbocycles. The molecule has 0 bridgehead atoms. The van der Waals surface area contributed by atoms with Gasteiger partial charge in [-0.05, 0) is 12.1 Å². The Labute approximate surface area is 167 Å². The number of aromatic amines is 1. The second kappa shape index (κ2) is 8.37. The molecule has 152 valence electrons. The van der Waals surface area contributed by atoms with Gasteiger partial charge in [-0.2, -0.15) is 5.10 Å². The van der Waals surface area contributed by atoms with Crippen molar-refractivity contribution in [2.75, 3.05) is 5.32 Å². The molecule has 3 aromatic rings. The number of H-pyrrole nitrogens is 1. The number of aliphatic hydroxyl groups excluding tert-OH is 1. The molecule has 4 N–H and O–H groups in total. The number of aromatic nitrogens is 3. The van der Waals surface area contributed by atoms with Gasteiger partial charge in [0.1, 0.15) is 17.1 Å². The van der Waals surface area contributed by atoms with Crippen LogP contribution in [0.1, 0.15) is 38.2 Å². The molecule has 3 rings (SSSR count). The lowest BCUT2D eigenvalue weighted by molar-refractivity contribution is 0.0941. The highest BCUT2D eigenvalue weighted by Gasteiger charge is 2.18. The van der Waals surface area contributed by atoms with Crippen molar-refractivity contribution in [1.29, 1.82) is 0 Å². The summed E-state index contributed by atoms with van der Waals surface area (Å²) in [5.41, 5.74) is 0.0269. The average Bonchev–Trinajstić information content (AvgIpc) is 3.28. The number of hydrogen-bond donors (Lipinski definition) is 4. The van der Waals surface area contributed by atoms with E-state index in [1.54, 1.807) is 6.92 Å². The Balaban J connectivity index is 1.65. The lowest BCUT2D eigenvalue weighted by Gasteiger charge is -2.05. The largest absolute Gasteiger partial charge is 0.444 e. The van der Waals surface area contributed by atoms with Crippen molar-refractivity contribution in [2.45, 2.75) is 20.1 Å². The molecule has 0 saturated carbocycles. The fraction of sp³-hybridized carbons (Fsp3) is 0.176. The smallest absolute Gasteiger partial charge is 0.269 e. The minimum absolute atomic E-state index is 0.0125. The summed E-state index contributed by atoms with van der Waals surface area (Å²) in [5.74, 6) is -3.20. The highest BCUT2D eigenvalue weighted by Crippen LogP contribution is 2.21. The molecule has 29 heavy (non-hydrogen) atoms. The van der Waals surface area contributed by atoms with Gasteiger partial charge >= 0.3 is 0 Å². The number of rotatable bonds is 6. The zero-order chi connectivity index (χ0) is 21.1. The van der Waals surface area contributed by atoms with Gasteiger partial charge in [-0.3, -0.25) is 14.7 Å². The maximum atomic E-state index is 13.3. The number of aliphatic hydroxyl groups is 1. The van der Waals surface area contributed by atoms with E-state index in [0.29, 0.717) is 29.5 Å². The van der Waals surface area contributed by atoms with Gasteiger partial charge in [0.15, 0.2) is 23.3 Å². The van der Waals surface area contributed by atoms with Gasteiger partial charge in [0.25, 0.3) is 11.8 Å². The number of carbonyl (C=O) groups excluding carboxylic acids is 2. The maximum Gasteiger partial charge on any atom is 0.269 e. The second-order valence-electron chi connectivity index (χ2n) is 5.81. The van der Waals surface area contributed by atoms with Gasteiger partial charge in [0.05, 0.1) is 23.7 Å². The number of hydrogen-bond acceptors (Lipinski definition) is 6. The van der Waals surface area contributed by atoms with E-state index in [9.17, 15) is 23.5 Å². The summed E-state index contributed by atoms with van der Waals surface area (Å²) in [7, 11) is 0. The molecule has 0 spiro atoms. The van der Waals surface area contributed by atoms with E-state index in [4.69, 9.17) is 16.0 Å². The molecule has 2 heterocycles. The Morgan fingerprint density at radius 3 is 2.69 bits per heavy atom. The van der Waals surface area contributed by atoms with Crippen LogP contribution in [0, 0.1) is 18.6 Å². The van der Waals surface area contributed by atoms with E-state index in [-0.39, 0.29) is 35.2 Å².